The Kier molecular flexibility index (Phi) is 6.59. The minimum Gasteiger partial charge on any atom is -0.393 e. The molecule has 0 saturated carbocycles. The highest BCUT2D eigenvalue weighted by Gasteiger charge is 2.27. The van der Waals surface area contributed by atoms with Gasteiger partial charge in [-0.05, 0) is 34.1 Å². The standard InChI is InChI=1S/C12H16Br2N2O2S2/c1-3-16(7-8(2)12(15)19)20(17,18)11-6-9(13)4-5-10(11)14/h4-6,8H,3,7H2,1-2H3,(H2,15,19). The Balaban J connectivity index is 3.18. The van der Waals surface area contributed by atoms with Gasteiger partial charge in [-0.15, -0.1) is 0 Å². The largest absolute Gasteiger partial charge is 0.393 e. The maximum Gasteiger partial charge on any atom is 0.244 e. The molecule has 0 aromatic heterocycles. The van der Waals surface area contributed by atoms with E-state index in [1.54, 1.807) is 25.1 Å². The van der Waals surface area contributed by atoms with Crippen molar-refractivity contribution in [1.82, 2.24) is 4.31 Å². The minimum absolute atomic E-state index is 0.175. The molecule has 0 aliphatic rings. The Morgan fingerprint density at radius 1 is 1.45 bits per heavy atom. The molecule has 112 valence electrons. The first-order valence-electron chi connectivity index (χ1n) is 5.94. The number of hydrogen-bond donors (Lipinski definition) is 1. The maximum absolute atomic E-state index is 12.7. The molecule has 20 heavy (non-hydrogen) atoms. The Morgan fingerprint density at radius 3 is 2.55 bits per heavy atom. The van der Waals surface area contributed by atoms with Crippen LogP contribution in [0.4, 0.5) is 0 Å². The zero-order valence-electron chi connectivity index (χ0n) is 11.1. The first-order chi connectivity index (χ1) is 9.20. The van der Waals surface area contributed by atoms with Crippen LogP contribution < -0.4 is 5.73 Å². The summed E-state index contributed by atoms with van der Waals surface area (Å²) in [6.45, 7) is 4.23. The molecule has 1 atom stereocenters. The van der Waals surface area contributed by atoms with Gasteiger partial charge in [0.15, 0.2) is 0 Å². The molecule has 1 aromatic carbocycles. The average molecular weight is 444 g/mol. The molecule has 1 unspecified atom stereocenters. The second-order valence-electron chi connectivity index (χ2n) is 4.33. The van der Waals surface area contributed by atoms with Crippen molar-refractivity contribution in [3.05, 3.63) is 27.1 Å². The molecule has 0 spiro atoms. The molecule has 1 rings (SSSR count). The maximum atomic E-state index is 12.7. The van der Waals surface area contributed by atoms with Gasteiger partial charge in [-0.25, -0.2) is 8.42 Å². The zero-order chi connectivity index (χ0) is 15.5. The second kappa shape index (κ2) is 7.31. The topological polar surface area (TPSA) is 63.4 Å². The monoisotopic (exact) mass is 442 g/mol. The number of halogens is 2. The van der Waals surface area contributed by atoms with Crippen molar-refractivity contribution in [2.24, 2.45) is 11.7 Å². The number of hydrogen-bond acceptors (Lipinski definition) is 3. The number of sulfonamides is 1. The fourth-order valence-electron chi connectivity index (χ4n) is 1.61. The molecule has 1 aromatic rings. The van der Waals surface area contributed by atoms with Crippen LogP contribution >= 0.6 is 44.1 Å². The van der Waals surface area contributed by atoms with Crippen LogP contribution in [0.15, 0.2) is 32.0 Å². The number of rotatable bonds is 6. The summed E-state index contributed by atoms with van der Waals surface area (Å²) in [7, 11) is -3.59. The lowest BCUT2D eigenvalue weighted by atomic mass is 10.2. The van der Waals surface area contributed by atoms with E-state index in [4.69, 9.17) is 18.0 Å². The van der Waals surface area contributed by atoms with Crippen LogP contribution in [-0.4, -0.2) is 30.8 Å². The van der Waals surface area contributed by atoms with Gasteiger partial charge in [0.05, 0.1) is 9.88 Å². The Bertz CT molecular complexity index is 605. The van der Waals surface area contributed by atoms with Gasteiger partial charge < -0.3 is 5.73 Å². The first kappa shape index (κ1) is 18.0. The zero-order valence-corrected chi connectivity index (χ0v) is 15.9. The van der Waals surface area contributed by atoms with Gasteiger partial charge in [0.2, 0.25) is 10.0 Å². The third-order valence-corrected chi connectivity index (χ3v) is 6.66. The number of benzene rings is 1. The van der Waals surface area contributed by atoms with E-state index in [0.717, 1.165) is 0 Å². The lowest BCUT2D eigenvalue weighted by molar-refractivity contribution is 0.405. The quantitative estimate of drug-likeness (QED) is 0.686. The summed E-state index contributed by atoms with van der Waals surface area (Å²) in [6.07, 6.45) is 0. The normalized spacial score (nSPS) is 13.4. The number of nitrogens with two attached hydrogens (primary N) is 1. The van der Waals surface area contributed by atoms with Crippen LogP contribution in [0.1, 0.15) is 13.8 Å². The third kappa shape index (κ3) is 4.24. The summed E-state index contributed by atoms with van der Waals surface area (Å²) in [4.78, 5) is 0.538. The first-order valence-corrected chi connectivity index (χ1v) is 9.38. The van der Waals surface area contributed by atoms with Crippen LogP contribution in [0, 0.1) is 5.92 Å². The smallest absolute Gasteiger partial charge is 0.244 e. The van der Waals surface area contributed by atoms with Gasteiger partial charge in [-0.2, -0.15) is 4.31 Å². The predicted octanol–water partition coefficient (Wildman–Crippen LogP) is 3.14. The Labute approximate surface area is 142 Å². The van der Waals surface area contributed by atoms with E-state index in [1.807, 2.05) is 6.92 Å². The summed E-state index contributed by atoms with van der Waals surface area (Å²) in [6, 6.07) is 5.05. The van der Waals surface area contributed by atoms with Crippen molar-refractivity contribution in [1.29, 1.82) is 0 Å². The van der Waals surface area contributed by atoms with Crippen molar-refractivity contribution in [2.75, 3.05) is 13.1 Å². The summed E-state index contributed by atoms with van der Waals surface area (Å²) >= 11 is 11.5. The highest BCUT2D eigenvalue weighted by molar-refractivity contribution is 9.11. The minimum atomic E-state index is -3.59. The number of thiocarbonyl (C=S) groups is 1. The van der Waals surface area contributed by atoms with Crippen molar-refractivity contribution >= 4 is 59.1 Å². The predicted molar refractivity (Wildman–Crippen MR) is 92.2 cm³/mol. The van der Waals surface area contributed by atoms with E-state index in [-0.39, 0.29) is 17.4 Å². The van der Waals surface area contributed by atoms with Crippen LogP contribution in [-0.2, 0) is 10.0 Å². The van der Waals surface area contributed by atoms with Crippen molar-refractivity contribution in [3.63, 3.8) is 0 Å². The molecule has 0 saturated heterocycles. The molecule has 0 aliphatic carbocycles. The second-order valence-corrected chi connectivity index (χ2v) is 8.48. The molecule has 0 aliphatic heterocycles. The SMILES string of the molecule is CCN(CC(C)C(N)=S)S(=O)(=O)c1cc(Br)ccc1Br. The van der Waals surface area contributed by atoms with Gasteiger partial charge in [0.1, 0.15) is 0 Å². The highest BCUT2D eigenvalue weighted by atomic mass is 79.9. The van der Waals surface area contributed by atoms with E-state index in [0.29, 0.717) is 20.5 Å². The summed E-state index contributed by atoms with van der Waals surface area (Å²) in [5.74, 6) is -0.175. The lowest BCUT2D eigenvalue weighted by Gasteiger charge is -2.24. The summed E-state index contributed by atoms with van der Waals surface area (Å²) < 4.78 is 28.0. The molecular weight excluding hydrogens is 428 g/mol. The molecule has 0 fully saturated rings. The lowest BCUT2D eigenvalue weighted by Crippen LogP contribution is -2.38. The molecule has 0 heterocycles. The van der Waals surface area contributed by atoms with Crippen LogP contribution in [0.25, 0.3) is 0 Å². The molecule has 0 amide bonds. The highest BCUT2D eigenvalue weighted by Crippen LogP contribution is 2.28. The van der Waals surface area contributed by atoms with Gasteiger partial charge in [-0.1, -0.05) is 42.0 Å². The van der Waals surface area contributed by atoms with Crippen LogP contribution in [0.5, 0.6) is 0 Å². The summed E-state index contributed by atoms with van der Waals surface area (Å²) in [5, 5.41) is 0. The fourth-order valence-corrected chi connectivity index (χ4v) is 4.68. The van der Waals surface area contributed by atoms with E-state index < -0.39 is 10.0 Å². The van der Waals surface area contributed by atoms with Crippen molar-refractivity contribution in [3.8, 4) is 0 Å². The molecule has 0 bridgehead atoms. The molecule has 2 N–H and O–H groups in total. The van der Waals surface area contributed by atoms with Crippen LogP contribution in [0.2, 0.25) is 0 Å². The van der Waals surface area contributed by atoms with Gasteiger partial charge in [0.25, 0.3) is 0 Å². The Hall–Kier alpha value is -0.0200. The Morgan fingerprint density at radius 2 is 2.05 bits per heavy atom. The van der Waals surface area contributed by atoms with Crippen molar-refractivity contribution < 1.29 is 8.42 Å². The molecule has 8 heteroatoms. The van der Waals surface area contributed by atoms with E-state index in [1.165, 1.54) is 4.31 Å². The number of nitrogens with zero attached hydrogens (tertiary/aromatic N) is 1. The fraction of sp³-hybridized carbons (Fsp3) is 0.417. The molecule has 0 radical (unpaired) electrons. The molecule has 4 nitrogen and oxygen atoms in total. The van der Waals surface area contributed by atoms with Crippen molar-refractivity contribution in [2.45, 2.75) is 18.7 Å². The third-order valence-electron chi connectivity index (χ3n) is 2.83. The van der Waals surface area contributed by atoms with Crippen LogP contribution in [0.3, 0.4) is 0 Å². The van der Waals surface area contributed by atoms with E-state index in [2.05, 4.69) is 31.9 Å². The van der Waals surface area contributed by atoms with Gasteiger partial charge in [-0.3, -0.25) is 0 Å². The molecular formula is C12H16Br2N2O2S2. The van der Waals surface area contributed by atoms with E-state index >= 15 is 0 Å². The summed E-state index contributed by atoms with van der Waals surface area (Å²) in [5.41, 5.74) is 5.57. The van der Waals surface area contributed by atoms with E-state index in [9.17, 15) is 8.42 Å². The van der Waals surface area contributed by atoms with Gasteiger partial charge in [0, 0.05) is 28.0 Å². The van der Waals surface area contributed by atoms with Gasteiger partial charge >= 0.3 is 0 Å². The average Bonchev–Trinajstić information content (AvgIpc) is 2.37.